The molecule has 0 aromatic carbocycles. The number of carbonyl (C=O) groups is 1. The van der Waals surface area contributed by atoms with Crippen LogP contribution in [0.2, 0.25) is 0 Å². The molecule has 6 fully saturated rings. The first kappa shape index (κ1) is 42.9. The first-order chi connectivity index (χ1) is 26.2. The fourth-order valence-electron chi connectivity index (χ4n) is 13.8. The van der Waals surface area contributed by atoms with Gasteiger partial charge in [-0.2, -0.15) is 0 Å². The zero-order valence-corrected chi connectivity index (χ0v) is 34.7. The Morgan fingerprint density at radius 3 is 2.14 bits per heavy atom. The number of hydrogen-bond donors (Lipinski definition) is 7. The topological polar surface area (TPSA) is 205 Å². The van der Waals surface area contributed by atoms with Crippen LogP contribution < -0.4 is 0 Å². The number of rotatable bonds is 7. The van der Waals surface area contributed by atoms with E-state index in [9.17, 15) is 40.5 Å². The summed E-state index contributed by atoms with van der Waals surface area (Å²) in [5.74, 6) is 0.445. The Morgan fingerprint density at radius 2 is 1.48 bits per heavy atom. The molecule has 0 bridgehead atoms. The van der Waals surface area contributed by atoms with Crippen LogP contribution in [-0.4, -0.2) is 130 Å². The molecule has 7 rings (SSSR count). The zero-order valence-electron chi connectivity index (χ0n) is 34.7. The smallest absolute Gasteiger partial charge is 0.312 e. The fraction of sp³-hybridized carbons (Fsp3) is 0.930. The molecule has 0 spiro atoms. The molecule has 2 aliphatic heterocycles. The Balaban J connectivity index is 1.17. The lowest BCUT2D eigenvalue weighted by atomic mass is 9.33. The van der Waals surface area contributed by atoms with Crippen molar-refractivity contribution in [2.24, 2.45) is 50.2 Å². The van der Waals surface area contributed by atoms with E-state index in [1.54, 1.807) is 0 Å². The lowest BCUT2D eigenvalue weighted by Gasteiger charge is -2.71. The SMILES string of the molecule is COC(=O)[C@]12CCC(C)(C)C[C@H]1C1=CC[C@@H]3[C@@]4(C)CC[C@H](O[C@@H]5O[C@H](CO)[C@@H](O)[C@H](O)[C@H]5O[C@@H]5O[C@@H](C)[C@H](O)[C@@H](O)[C@H]5O)[C@@](C)(CO)[C@@H]4CC[C@@]3(C)[C@]1(C)CC2. The minimum absolute atomic E-state index is 0.0492. The van der Waals surface area contributed by atoms with E-state index in [2.05, 4.69) is 47.6 Å². The number of aliphatic hydroxyl groups excluding tert-OH is 7. The minimum Gasteiger partial charge on any atom is -0.469 e. The van der Waals surface area contributed by atoms with E-state index in [0.29, 0.717) is 12.3 Å². The molecule has 0 unspecified atom stereocenters. The Labute approximate surface area is 332 Å². The summed E-state index contributed by atoms with van der Waals surface area (Å²) in [5.41, 5.74) is 0.0295. The Morgan fingerprint density at radius 1 is 0.786 bits per heavy atom. The van der Waals surface area contributed by atoms with Gasteiger partial charge in [0, 0.05) is 5.41 Å². The molecule has 0 aromatic rings. The molecule has 0 radical (unpaired) electrons. The molecule has 19 atom stereocenters. The van der Waals surface area contributed by atoms with E-state index in [0.717, 1.165) is 57.8 Å². The van der Waals surface area contributed by atoms with Crippen molar-refractivity contribution in [1.29, 1.82) is 0 Å². The number of esters is 1. The maximum atomic E-state index is 13.7. The van der Waals surface area contributed by atoms with E-state index in [-0.39, 0.29) is 46.1 Å². The highest BCUT2D eigenvalue weighted by Crippen LogP contribution is 2.76. The van der Waals surface area contributed by atoms with Gasteiger partial charge >= 0.3 is 5.97 Å². The average Bonchev–Trinajstić information content (AvgIpc) is 3.16. The predicted octanol–water partition coefficient (Wildman–Crippen LogP) is 2.97. The molecule has 7 aliphatic rings. The van der Waals surface area contributed by atoms with Crippen LogP contribution in [0.3, 0.4) is 0 Å². The van der Waals surface area contributed by atoms with Gasteiger partial charge in [-0.05, 0) is 111 Å². The molecule has 4 saturated carbocycles. The van der Waals surface area contributed by atoms with Crippen LogP contribution in [0.25, 0.3) is 0 Å². The van der Waals surface area contributed by atoms with Gasteiger partial charge in [0.25, 0.3) is 0 Å². The van der Waals surface area contributed by atoms with Crippen molar-refractivity contribution in [2.75, 3.05) is 20.3 Å². The highest BCUT2D eigenvalue weighted by Gasteiger charge is 2.70. The largest absolute Gasteiger partial charge is 0.469 e. The summed E-state index contributed by atoms with van der Waals surface area (Å²) in [6.45, 7) is 14.8. The molecule has 2 saturated heterocycles. The molecule has 7 N–H and O–H groups in total. The lowest BCUT2D eigenvalue weighted by Crippen LogP contribution is -2.67. The van der Waals surface area contributed by atoms with Crippen LogP contribution in [-0.2, 0) is 28.5 Å². The minimum atomic E-state index is -1.67. The van der Waals surface area contributed by atoms with Crippen molar-refractivity contribution in [1.82, 2.24) is 0 Å². The number of fused-ring (bicyclic) bond motifs is 7. The summed E-state index contributed by atoms with van der Waals surface area (Å²) in [4.78, 5) is 13.7. The molecule has 56 heavy (non-hydrogen) atoms. The average molecular weight is 795 g/mol. The molecule has 5 aliphatic carbocycles. The molecule has 13 nitrogen and oxygen atoms in total. The van der Waals surface area contributed by atoms with E-state index in [1.807, 2.05) is 0 Å². The highest BCUT2D eigenvalue weighted by molar-refractivity contribution is 5.78. The van der Waals surface area contributed by atoms with Crippen molar-refractivity contribution in [3.63, 3.8) is 0 Å². The van der Waals surface area contributed by atoms with E-state index < -0.39 is 85.0 Å². The molecule has 0 aromatic heterocycles. The maximum absolute atomic E-state index is 13.7. The van der Waals surface area contributed by atoms with Gasteiger partial charge in [0.05, 0.1) is 37.9 Å². The molecule has 0 amide bonds. The number of ether oxygens (including phenoxy) is 5. The van der Waals surface area contributed by atoms with Crippen molar-refractivity contribution in [3.8, 4) is 0 Å². The third-order valence-electron chi connectivity index (χ3n) is 17.5. The second kappa shape index (κ2) is 14.7. The van der Waals surface area contributed by atoms with Crippen LogP contribution in [0.5, 0.6) is 0 Å². The third kappa shape index (κ3) is 6.22. The van der Waals surface area contributed by atoms with Gasteiger partial charge in [-0.25, -0.2) is 0 Å². The van der Waals surface area contributed by atoms with Crippen LogP contribution >= 0.6 is 0 Å². The zero-order chi connectivity index (χ0) is 41.0. The number of allylic oxidation sites excluding steroid dienone is 2. The van der Waals surface area contributed by atoms with Gasteiger partial charge in [-0.15, -0.1) is 0 Å². The number of methoxy groups -OCH3 is 1. The van der Waals surface area contributed by atoms with Crippen LogP contribution in [0, 0.1) is 50.2 Å². The number of aliphatic hydroxyl groups is 7. The van der Waals surface area contributed by atoms with E-state index in [4.69, 9.17) is 23.7 Å². The summed E-state index contributed by atoms with van der Waals surface area (Å²) in [7, 11) is 1.53. The molecule has 320 valence electrons. The highest BCUT2D eigenvalue weighted by atomic mass is 16.8. The molecular weight excluding hydrogens is 724 g/mol. The predicted molar refractivity (Wildman–Crippen MR) is 202 cm³/mol. The summed E-state index contributed by atoms with van der Waals surface area (Å²) in [5, 5.41) is 75.1. The van der Waals surface area contributed by atoms with E-state index in [1.165, 1.54) is 19.6 Å². The summed E-state index contributed by atoms with van der Waals surface area (Å²) in [6, 6.07) is 0. The standard InChI is InChI=1S/C43H70O13/c1-22-29(46)31(48)33(50)35(53-22)56-34-32(49)30(47)25(20-44)54-36(34)55-28-12-13-39(4)26(40(28,5)21-45)11-14-42(7)27(39)10-9-23-24-19-38(2,3)15-17-43(24,37(51)52-8)18-16-41(23,42)6/h9,22,24-36,44-50H,10-21H2,1-8H3/t22-,24-,25+,26+,27+,28-,29-,30+,31+,32-,33+,34+,35-,36-,39-,40-,41+,42+,43-/m0/s1. The van der Waals surface area contributed by atoms with Crippen molar-refractivity contribution < 1.29 is 64.2 Å². The van der Waals surface area contributed by atoms with Crippen molar-refractivity contribution in [2.45, 2.75) is 180 Å². The Hall–Kier alpha value is -1.23. The lowest BCUT2D eigenvalue weighted by molar-refractivity contribution is -0.377. The quantitative estimate of drug-likeness (QED) is 0.113. The van der Waals surface area contributed by atoms with Crippen molar-refractivity contribution >= 4 is 5.97 Å². The summed E-state index contributed by atoms with van der Waals surface area (Å²) in [6.07, 6.45) is -3.60. The van der Waals surface area contributed by atoms with Gasteiger partial charge in [0.15, 0.2) is 12.6 Å². The number of hydrogen-bond acceptors (Lipinski definition) is 13. The van der Waals surface area contributed by atoms with Crippen LogP contribution in [0.15, 0.2) is 11.6 Å². The first-order valence-corrected chi connectivity index (χ1v) is 21.2. The van der Waals surface area contributed by atoms with Gasteiger partial charge in [-0.1, -0.05) is 53.2 Å². The summed E-state index contributed by atoms with van der Waals surface area (Å²) < 4.78 is 30.1. The number of carbonyl (C=O) groups excluding carboxylic acids is 1. The van der Waals surface area contributed by atoms with Crippen LogP contribution in [0.4, 0.5) is 0 Å². The molecule has 13 heteroatoms. The fourth-order valence-corrected chi connectivity index (χ4v) is 13.8. The second-order valence-electron chi connectivity index (χ2n) is 20.7. The molecular formula is C43H70O13. The normalized spacial score (nSPS) is 54.1. The maximum Gasteiger partial charge on any atom is 0.312 e. The third-order valence-corrected chi connectivity index (χ3v) is 17.5. The second-order valence-corrected chi connectivity index (χ2v) is 20.7. The van der Waals surface area contributed by atoms with Crippen molar-refractivity contribution in [3.05, 3.63) is 11.6 Å². The summed E-state index contributed by atoms with van der Waals surface area (Å²) >= 11 is 0. The Kier molecular flexibility index (Phi) is 11.3. The first-order valence-electron chi connectivity index (χ1n) is 21.2. The van der Waals surface area contributed by atoms with Crippen LogP contribution in [0.1, 0.15) is 113 Å². The monoisotopic (exact) mass is 794 g/mol. The van der Waals surface area contributed by atoms with Gasteiger partial charge in [0.2, 0.25) is 0 Å². The van der Waals surface area contributed by atoms with Gasteiger partial charge in [-0.3, -0.25) is 4.79 Å². The van der Waals surface area contributed by atoms with E-state index >= 15 is 0 Å². The Bertz CT molecular complexity index is 1510. The van der Waals surface area contributed by atoms with Gasteiger partial charge in [0.1, 0.15) is 42.7 Å². The van der Waals surface area contributed by atoms with Gasteiger partial charge < -0.3 is 59.4 Å². The molecule has 2 heterocycles.